The number of carbonyl (C=O) groups excluding carboxylic acids is 1. The largest absolute Gasteiger partial charge is 0.388 e. The van der Waals surface area contributed by atoms with Crippen molar-refractivity contribution in [2.45, 2.75) is 38.2 Å². The smallest absolute Gasteiger partial charge is 0.270 e. The third-order valence-corrected chi connectivity index (χ3v) is 4.51. The lowest BCUT2D eigenvalue weighted by Gasteiger charge is -2.28. The first kappa shape index (κ1) is 15.7. The van der Waals surface area contributed by atoms with E-state index < -0.39 is 11.5 Å². The van der Waals surface area contributed by atoms with Crippen LogP contribution in [0.15, 0.2) is 29.3 Å². The highest BCUT2D eigenvalue weighted by atomic mass is 16.3. The molecule has 0 aliphatic heterocycles. The second-order valence-electron chi connectivity index (χ2n) is 6.50. The lowest BCUT2D eigenvalue weighted by atomic mass is 10.0. The van der Waals surface area contributed by atoms with Gasteiger partial charge in [0.05, 0.1) is 5.60 Å². The minimum atomic E-state index is -0.831. The number of amides is 1. The number of hydrogen-bond donors (Lipinski definition) is 1. The molecule has 1 fully saturated rings. The number of aryl methyl sites for hydroxylation is 1. The van der Waals surface area contributed by atoms with E-state index in [2.05, 4.69) is 4.98 Å². The van der Waals surface area contributed by atoms with Crippen molar-refractivity contribution in [1.82, 2.24) is 14.3 Å². The first-order chi connectivity index (χ1) is 10.9. The summed E-state index contributed by atoms with van der Waals surface area (Å²) in [5.74, 6) is -0.405. The molecule has 0 bridgehead atoms. The molecule has 1 N–H and O–H groups in total. The van der Waals surface area contributed by atoms with Crippen molar-refractivity contribution < 1.29 is 9.90 Å². The summed E-state index contributed by atoms with van der Waals surface area (Å²) < 4.78 is 1.37. The Hall–Kier alpha value is -2.21. The fourth-order valence-corrected chi connectivity index (χ4v) is 3.23. The van der Waals surface area contributed by atoms with Gasteiger partial charge in [-0.3, -0.25) is 14.0 Å². The zero-order valence-electron chi connectivity index (χ0n) is 13.5. The summed E-state index contributed by atoms with van der Waals surface area (Å²) in [6.07, 6.45) is 6.28. The van der Waals surface area contributed by atoms with E-state index in [4.69, 9.17) is 0 Å². The molecule has 1 aliphatic rings. The number of aliphatic hydroxyl groups is 1. The summed E-state index contributed by atoms with van der Waals surface area (Å²) in [6.45, 7) is 2.16. The molecule has 1 aliphatic carbocycles. The van der Waals surface area contributed by atoms with E-state index in [0.717, 1.165) is 18.4 Å². The van der Waals surface area contributed by atoms with Gasteiger partial charge in [-0.2, -0.15) is 0 Å². The minimum absolute atomic E-state index is 0.0236. The third kappa shape index (κ3) is 2.99. The Kier molecular flexibility index (Phi) is 3.93. The molecule has 0 spiro atoms. The topological polar surface area (TPSA) is 74.9 Å². The van der Waals surface area contributed by atoms with Crippen molar-refractivity contribution in [2.24, 2.45) is 0 Å². The van der Waals surface area contributed by atoms with Crippen LogP contribution in [0, 0.1) is 6.92 Å². The van der Waals surface area contributed by atoms with Gasteiger partial charge in [-0.15, -0.1) is 0 Å². The first-order valence-electron chi connectivity index (χ1n) is 7.85. The van der Waals surface area contributed by atoms with E-state index in [1.54, 1.807) is 25.4 Å². The number of nitrogens with zero attached hydrogens (tertiary/aromatic N) is 3. The Morgan fingerprint density at radius 2 is 2.13 bits per heavy atom. The molecule has 1 amide bonds. The van der Waals surface area contributed by atoms with E-state index >= 15 is 0 Å². The molecular formula is C17H21N3O3. The molecule has 6 nitrogen and oxygen atoms in total. The van der Waals surface area contributed by atoms with Gasteiger partial charge in [0.15, 0.2) is 0 Å². The summed E-state index contributed by atoms with van der Waals surface area (Å²) in [7, 11) is 1.61. The zero-order valence-corrected chi connectivity index (χ0v) is 13.5. The van der Waals surface area contributed by atoms with Crippen molar-refractivity contribution >= 4 is 11.6 Å². The highest BCUT2D eigenvalue weighted by molar-refractivity contribution is 5.93. The van der Waals surface area contributed by atoms with Crippen LogP contribution in [0.25, 0.3) is 5.65 Å². The molecule has 1 saturated carbocycles. The molecule has 2 aromatic rings. The Labute approximate surface area is 134 Å². The van der Waals surface area contributed by atoms with Crippen LogP contribution in [0.1, 0.15) is 41.6 Å². The molecule has 23 heavy (non-hydrogen) atoms. The van der Waals surface area contributed by atoms with Gasteiger partial charge in [0, 0.05) is 26.0 Å². The van der Waals surface area contributed by atoms with Gasteiger partial charge in [0.2, 0.25) is 0 Å². The van der Waals surface area contributed by atoms with E-state index in [-0.39, 0.29) is 17.7 Å². The van der Waals surface area contributed by atoms with Crippen molar-refractivity contribution in [3.8, 4) is 0 Å². The van der Waals surface area contributed by atoms with Gasteiger partial charge in [-0.05, 0) is 37.5 Å². The lowest BCUT2D eigenvalue weighted by Crippen LogP contribution is -2.43. The van der Waals surface area contributed by atoms with Crippen LogP contribution < -0.4 is 5.56 Å². The first-order valence-corrected chi connectivity index (χ1v) is 7.85. The molecule has 3 rings (SSSR count). The van der Waals surface area contributed by atoms with Gasteiger partial charge in [0.25, 0.3) is 11.5 Å². The predicted octanol–water partition coefficient (Wildman–Crippen LogP) is 1.38. The molecular weight excluding hydrogens is 294 g/mol. The van der Waals surface area contributed by atoms with E-state index in [9.17, 15) is 14.7 Å². The number of hydrogen-bond acceptors (Lipinski definition) is 4. The normalized spacial score (nSPS) is 16.7. The van der Waals surface area contributed by atoms with E-state index in [1.165, 1.54) is 15.5 Å². The fourth-order valence-electron chi connectivity index (χ4n) is 3.23. The number of fused-ring (bicyclic) bond motifs is 1. The van der Waals surface area contributed by atoms with Crippen LogP contribution >= 0.6 is 0 Å². The Bertz CT molecular complexity index is 806. The van der Waals surface area contributed by atoms with Crippen molar-refractivity contribution in [3.05, 3.63) is 46.0 Å². The van der Waals surface area contributed by atoms with Gasteiger partial charge in [0.1, 0.15) is 11.2 Å². The van der Waals surface area contributed by atoms with E-state index in [1.807, 2.05) is 6.92 Å². The van der Waals surface area contributed by atoms with Gasteiger partial charge >= 0.3 is 0 Å². The lowest BCUT2D eigenvalue weighted by molar-refractivity contribution is 0.0156. The molecule has 0 unspecified atom stereocenters. The summed E-state index contributed by atoms with van der Waals surface area (Å²) in [5, 5.41) is 10.4. The number of aromatic nitrogens is 2. The van der Waals surface area contributed by atoms with E-state index in [0.29, 0.717) is 18.5 Å². The summed E-state index contributed by atoms with van der Waals surface area (Å²) >= 11 is 0. The molecule has 6 heteroatoms. The van der Waals surface area contributed by atoms with Crippen LogP contribution in [0.5, 0.6) is 0 Å². The minimum Gasteiger partial charge on any atom is -0.388 e. The Balaban J connectivity index is 1.90. The van der Waals surface area contributed by atoms with Crippen LogP contribution in [-0.2, 0) is 0 Å². The predicted molar refractivity (Wildman–Crippen MR) is 86.6 cm³/mol. The standard InChI is InChI=1S/C17H21N3O3/c1-12-5-8-20-14(9-12)18-10-13(16(20)22)15(21)19(2)11-17(23)6-3-4-7-17/h5,8-10,23H,3-4,6-7,11H2,1-2H3. The summed E-state index contributed by atoms with van der Waals surface area (Å²) in [5.41, 5.74) is 0.322. The maximum atomic E-state index is 12.6. The Morgan fingerprint density at radius 3 is 2.83 bits per heavy atom. The number of carbonyl (C=O) groups is 1. The van der Waals surface area contributed by atoms with Gasteiger partial charge < -0.3 is 10.0 Å². The maximum Gasteiger partial charge on any atom is 0.270 e. The fraction of sp³-hybridized carbons (Fsp3) is 0.471. The monoisotopic (exact) mass is 315 g/mol. The van der Waals surface area contributed by atoms with Crippen LogP contribution in [0.3, 0.4) is 0 Å². The second kappa shape index (κ2) is 5.77. The molecule has 0 radical (unpaired) electrons. The average molecular weight is 315 g/mol. The molecule has 2 aromatic heterocycles. The van der Waals surface area contributed by atoms with Gasteiger partial charge in [-0.25, -0.2) is 4.98 Å². The number of likely N-dealkylation sites (N-methyl/N-ethyl adjacent to an activating group) is 1. The summed E-state index contributed by atoms with van der Waals surface area (Å²) in [6, 6.07) is 3.59. The molecule has 2 heterocycles. The highest BCUT2D eigenvalue weighted by Crippen LogP contribution is 2.30. The number of rotatable bonds is 3. The van der Waals surface area contributed by atoms with Crippen LogP contribution in [0.4, 0.5) is 0 Å². The van der Waals surface area contributed by atoms with Crippen molar-refractivity contribution in [1.29, 1.82) is 0 Å². The zero-order chi connectivity index (χ0) is 16.6. The van der Waals surface area contributed by atoms with Crippen LogP contribution in [-0.4, -0.2) is 44.5 Å². The quantitative estimate of drug-likeness (QED) is 0.928. The number of pyridine rings is 1. The molecule has 0 atom stereocenters. The highest BCUT2D eigenvalue weighted by Gasteiger charge is 2.34. The molecule has 0 aromatic carbocycles. The molecule has 0 saturated heterocycles. The Morgan fingerprint density at radius 1 is 1.43 bits per heavy atom. The average Bonchev–Trinajstić information content (AvgIpc) is 2.93. The summed E-state index contributed by atoms with van der Waals surface area (Å²) in [4.78, 5) is 30.7. The van der Waals surface area contributed by atoms with Crippen molar-refractivity contribution in [2.75, 3.05) is 13.6 Å². The SMILES string of the molecule is Cc1ccn2c(=O)c(C(=O)N(C)CC3(O)CCCC3)cnc2c1. The maximum absolute atomic E-state index is 12.6. The van der Waals surface area contributed by atoms with Crippen LogP contribution in [0.2, 0.25) is 0 Å². The second-order valence-corrected chi connectivity index (χ2v) is 6.50. The molecule has 122 valence electrons. The van der Waals surface area contributed by atoms with Crippen molar-refractivity contribution in [3.63, 3.8) is 0 Å². The third-order valence-electron chi connectivity index (χ3n) is 4.51. The van der Waals surface area contributed by atoms with Gasteiger partial charge in [-0.1, -0.05) is 12.8 Å².